The Kier molecular flexibility index (Phi) is 6.03. The number of hydrogen-bond donors (Lipinski definition) is 2. The van der Waals surface area contributed by atoms with Crippen LogP contribution in [0, 0.1) is 6.92 Å². The first-order valence-corrected chi connectivity index (χ1v) is 10.3. The lowest BCUT2D eigenvalue weighted by atomic mass is 9.94. The lowest BCUT2D eigenvalue weighted by Gasteiger charge is -2.20. The molecule has 0 aliphatic carbocycles. The molecule has 0 radical (unpaired) electrons. The minimum Gasteiger partial charge on any atom is -0.508 e. The quantitative estimate of drug-likeness (QED) is 0.302. The van der Waals surface area contributed by atoms with E-state index in [-0.39, 0.29) is 17.1 Å². The zero-order valence-electron chi connectivity index (χ0n) is 17.9. The van der Waals surface area contributed by atoms with Gasteiger partial charge in [0.15, 0.2) is 0 Å². The Balaban J connectivity index is 1.95. The number of aryl methyl sites for hydroxylation is 1. The van der Waals surface area contributed by atoms with Crippen LogP contribution in [0.15, 0.2) is 78.9 Å². The van der Waals surface area contributed by atoms with E-state index in [1.165, 1.54) is 24.3 Å². The van der Waals surface area contributed by atoms with Gasteiger partial charge in [-0.1, -0.05) is 42.5 Å². The Morgan fingerprint density at radius 2 is 1.71 bits per heavy atom. The number of fused-ring (bicyclic) bond motifs is 1. The van der Waals surface area contributed by atoms with E-state index in [4.69, 9.17) is 9.84 Å². The third kappa shape index (κ3) is 4.73. The second-order valence-corrected chi connectivity index (χ2v) is 7.70. The summed E-state index contributed by atoms with van der Waals surface area (Å²) in [6, 6.07) is 19.0. The summed E-state index contributed by atoms with van der Waals surface area (Å²) in [6.45, 7) is 1.82. The molecule has 34 heavy (non-hydrogen) atoms. The van der Waals surface area contributed by atoms with Gasteiger partial charge in [-0.15, -0.1) is 0 Å². The smallest absolute Gasteiger partial charge is 0.420 e. The molecule has 0 amide bonds. The van der Waals surface area contributed by atoms with Crippen molar-refractivity contribution in [3.8, 4) is 28.4 Å². The number of alkyl halides is 3. The van der Waals surface area contributed by atoms with E-state index in [2.05, 4.69) is 0 Å². The number of rotatable bonds is 5. The molecule has 0 unspecified atom stereocenters. The van der Waals surface area contributed by atoms with E-state index in [0.29, 0.717) is 16.3 Å². The van der Waals surface area contributed by atoms with Crippen molar-refractivity contribution < 1.29 is 32.9 Å². The van der Waals surface area contributed by atoms with E-state index in [1.54, 1.807) is 6.07 Å². The second kappa shape index (κ2) is 8.94. The molecule has 0 atom stereocenters. The molecular formula is C27H19F3O4. The molecule has 0 saturated carbocycles. The highest BCUT2D eigenvalue weighted by Gasteiger charge is 2.35. The lowest BCUT2D eigenvalue weighted by molar-refractivity contribution is -0.138. The van der Waals surface area contributed by atoms with Gasteiger partial charge in [-0.25, -0.2) is 4.79 Å². The first kappa shape index (κ1) is 22.9. The van der Waals surface area contributed by atoms with Crippen LogP contribution in [0.4, 0.5) is 13.2 Å². The number of halogens is 3. The van der Waals surface area contributed by atoms with Crippen molar-refractivity contribution in [1.29, 1.82) is 0 Å². The second-order valence-electron chi connectivity index (χ2n) is 7.70. The first-order valence-electron chi connectivity index (χ1n) is 10.3. The fraction of sp³-hybridized carbons (Fsp3) is 0.0741. The molecule has 0 aliphatic heterocycles. The maximum Gasteiger partial charge on any atom is 0.420 e. The molecule has 0 bridgehead atoms. The molecule has 0 aliphatic rings. The largest absolute Gasteiger partial charge is 0.508 e. The number of benzene rings is 4. The number of phenolic OH excluding ortho intramolecular Hbond substituents is 1. The van der Waals surface area contributed by atoms with E-state index in [0.717, 1.165) is 29.3 Å². The van der Waals surface area contributed by atoms with Crippen molar-refractivity contribution in [2.24, 2.45) is 0 Å². The summed E-state index contributed by atoms with van der Waals surface area (Å²) in [4.78, 5) is 10.8. The van der Waals surface area contributed by atoms with Crippen molar-refractivity contribution in [2.45, 2.75) is 13.1 Å². The van der Waals surface area contributed by atoms with Crippen molar-refractivity contribution in [1.82, 2.24) is 0 Å². The zero-order chi connectivity index (χ0) is 24.5. The maximum atomic E-state index is 13.9. The predicted molar refractivity (Wildman–Crippen MR) is 124 cm³/mol. The fourth-order valence-electron chi connectivity index (χ4n) is 3.80. The van der Waals surface area contributed by atoms with E-state index in [1.807, 2.05) is 43.3 Å². The third-order valence-corrected chi connectivity index (χ3v) is 5.28. The number of carbonyl (C=O) groups is 1. The molecule has 0 aromatic heterocycles. The lowest BCUT2D eigenvalue weighted by Crippen LogP contribution is -2.08. The van der Waals surface area contributed by atoms with Gasteiger partial charge in [-0.3, -0.25) is 0 Å². The minimum absolute atomic E-state index is 0.0239. The van der Waals surface area contributed by atoms with Gasteiger partial charge in [-0.2, -0.15) is 13.2 Å². The molecule has 0 heterocycles. The molecule has 4 aromatic rings. The van der Waals surface area contributed by atoms with E-state index < -0.39 is 23.5 Å². The van der Waals surface area contributed by atoms with Gasteiger partial charge in [0.05, 0.1) is 5.56 Å². The summed E-state index contributed by atoms with van der Waals surface area (Å²) in [5.41, 5.74) is 1.19. The van der Waals surface area contributed by atoms with Crippen LogP contribution in [0.1, 0.15) is 16.7 Å². The van der Waals surface area contributed by atoms with Crippen LogP contribution in [-0.4, -0.2) is 16.2 Å². The summed E-state index contributed by atoms with van der Waals surface area (Å²) in [5.74, 6) is -1.44. The highest BCUT2D eigenvalue weighted by molar-refractivity contribution is 5.97. The molecule has 0 spiro atoms. The molecule has 0 saturated heterocycles. The molecule has 4 nitrogen and oxygen atoms in total. The van der Waals surface area contributed by atoms with Crippen molar-refractivity contribution in [3.05, 3.63) is 95.6 Å². The number of hydrogen-bond acceptors (Lipinski definition) is 3. The number of aliphatic carboxylic acids is 1. The normalized spacial score (nSPS) is 11.8. The summed E-state index contributed by atoms with van der Waals surface area (Å²) in [5, 5.41) is 19.9. The summed E-state index contributed by atoms with van der Waals surface area (Å²) in [6.07, 6.45) is -2.89. The van der Waals surface area contributed by atoms with E-state index in [9.17, 15) is 23.1 Å². The van der Waals surface area contributed by atoms with Gasteiger partial charge in [-0.05, 0) is 65.4 Å². The third-order valence-electron chi connectivity index (χ3n) is 5.28. The Bertz CT molecular complexity index is 1410. The summed E-state index contributed by atoms with van der Waals surface area (Å²) >= 11 is 0. The van der Waals surface area contributed by atoms with Gasteiger partial charge in [0, 0.05) is 17.0 Å². The highest BCUT2D eigenvalue weighted by Crippen LogP contribution is 2.45. The van der Waals surface area contributed by atoms with Crippen LogP contribution in [0.3, 0.4) is 0 Å². The number of carboxylic acids is 1. The number of ether oxygens (including phenoxy) is 1. The standard InChI is InChI=1S/C27H19F3O4/c1-16-13-19-15-20(31)9-10-21(19)26(25(16)18-5-3-2-4-6-18)34-23-11-7-17(8-12-24(32)33)14-22(23)27(28,29)30/h2-15,31H,1H3,(H,32,33). The van der Waals surface area contributed by atoms with Crippen LogP contribution in [-0.2, 0) is 11.0 Å². The topological polar surface area (TPSA) is 66.8 Å². The van der Waals surface area contributed by atoms with Gasteiger partial charge >= 0.3 is 12.1 Å². The van der Waals surface area contributed by atoms with Crippen LogP contribution in [0.25, 0.3) is 28.0 Å². The Labute approximate surface area is 193 Å². The average Bonchev–Trinajstić information content (AvgIpc) is 2.78. The van der Waals surface area contributed by atoms with Crippen molar-refractivity contribution >= 4 is 22.8 Å². The molecule has 4 rings (SSSR count). The SMILES string of the molecule is Cc1cc2cc(O)ccc2c(Oc2ccc(C=CC(=O)O)cc2C(F)(F)F)c1-c1ccccc1. The van der Waals surface area contributed by atoms with Crippen molar-refractivity contribution in [2.75, 3.05) is 0 Å². The number of carboxylic acid groups (broad SMARTS) is 1. The molecule has 4 aromatic carbocycles. The molecule has 0 fully saturated rings. The van der Waals surface area contributed by atoms with Gasteiger partial charge in [0.2, 0.25) is 0 Å². The average molecular weight is 464 g/mol. The Hall–Kier alpha value is -4.26. The van der Waals surface area contributed by atoms with Crippen LogP contribution in [0.5, 0.6) is 17.2 Å². The van der Waals surface area contributed by atoms with E-state index >= 15 is 0 Å². The predicted octanol–water partition coefficient (Wildman–Crippen LogP) is 7.43. The molecule has 2 N–H and O–H groups in total. The maximum absolute atomic E-state index is 13.9. The van der Waals surface area contributed by atoms with Crippen molar-refractivity contribution in [3.63, 3.8) is 0 Å². The molecule has 172 valence electrons. The van der Waals surface area contributed by atoms with Crippen LogP contribution >= 0.6 is 0 Å². The van der Waals surface area contributed by atoms with Gasteiger partial charge in [0.1, 0.15) is 17.2 Å². The van der Waals surface area contributed by atoms with Crippen LogP contribution in [0.2, 0.25) is 0 Å². The van der Waals surface area contributed by atoms with Crippen LogP contribution < -0.4 is 4.74 Å². The zero-order valence-corrected chi connectivity index (χ0v) is 17.9. The fourth-order valence-corrected chi connectivity index (χ4v) is 3.80. The number of phenols is 1. The van der Waals surface area contributed by atoms with Gasteiger partial charge < -0.3 is 14.9 Å². The number of aromatic hydroxyl groups is 1. The molecule has 7 heteroatoms. The Morgan fingerprint density at radius 3 is 2.38 bits per heavy atom. The molecular weight excluding hydrogens is 445 g/mol. The first-order chi connectivity index (χ1) is 16.1. The summed E-state index contributed by atoms with van der Waals surface area (Å²) < 4.78 is 47.8. The monoisotopic (exact) mass is 464 g/mol. The minimum atomic E-state index is -4.74. The Morgan fingerprint density at radius 1 is 0.971 bits per heavy atom. The van der Waals surface area contributed by atoms with Gasteiger partial charge in [0.25, 0.3) is 0 Å². The summed E-state index contributed by atoms with van der Waals surface area (Å²) in [7, 11) is 0. The highest BCUT2D eigenvalue weighted by atomic mass is 19.4.